The van der Waals surface area contributed by atoms with Gasteiger partial charge in [0.05, 0.1) is 5.56 Å². The van der Waals surface area contributed by atoms with Crippen molar-refractivity contribution in [2.75, 3.05) is 19.6 Å². The summed E-state index contributed by atoms with van der Waals surface area (Å²) in [5.41, 5.74) is 0.482. The van der Waals surface area contributed by atoms with Crippen LogP contribution in [0.2, 0.25) is 0 Å². The van der Waals surface area contributed by atoms with Gasteiger partial charge in [0.15, 0.2) is 0 Å². The summed E-state index contributed by atoms with van der Waals surface area (Å²) in [5, 5.41) is 12.6. The smallest absolute Gasteiger partial charge is 0.338 e. The molecule has 3 heterocycles. The molecule has 10 heteroatoms. The van der Waals surface area contributed by atoms with E-state index >= 15 is 0 Å². The summed E-state index contributed by atoms with van der Waals surface area (Å²) in [4.78, 5) is 26.0. The summed E-state index contributed by atoms with van der Waals surface area (Å²) < 4.78 is 28.0. The van der Waals surface area contributed by atoms with Crippen LogP contribution in [0.5, 0.6) is 0 Å². The van der Waals surface area contributed by atoms with Gasteiger partial charge >= 0.3 is 5.97 Å². The highest BCUT2D eigenvalue weighted by molar-refractivity contribution is 7.91. The van der Waals surface area contributed by atoms with E-state index < -0.39 is 22.0 Å². The highest BCUT2D eigenvalue weighted by Gasteiger charge is 2.36. The molecule has 25 heavy (non-hydrogen) atoms. The Morgan fingerprint density at radius 3 is 2.92 bits per heavy atom. The number of sulfonamides is 1. The molecule has 0 unspecified atom stereocenters. The van der Waals surface area contributed by atoms with E-state index in [1.165, 1.54) is 0 Å². The summed E-state index contributed by atoms with van der Waals surface area (Å²) in [6.45, 7) is 3.97. The first kappa shape index (κ1) is 18.3. The maximum absolute atomic E-state index is 12.8. The average Bonchev–Trinajstić information content (AvgIpc) is 3.08. The Morgan fingerprint density at radius 2 is 2.24 bits per heavy atom. The lowest BCUT2D eigenvalue weighted by Crippen LogP contribution is -2.37. The highest BCUT2D eigenvalue weighted by Crippen LogP contribution is 2.34. The SMILES string of the molecule is CCCN1C[C@H](NS(=O)(=O)c2sc3c(c2C(=O)O)CCNC3)CC1=O. The summed E-state index contributed by atoms with van der Waals surface area (Å²) in [6, 6.07) is -0.525. The van der Waals surface area contributed by atoms with Gasteiger partial charge in [-0.05, 0) is 24.9 Å². The van der Waals surface area contributed by atoms with Gasteiger partial charge in [-0.3, -0.25) is 4.79 Å². The van der Waals surface area contributed by atoms with Gasteiger partial charge in [0.25, 0.3) is 10.0 Å². The van der Waals surface area contributed by atoms with Crippen molar-refractivity contribution in [2.24, 2.45) is 0 Å². The van der Waals surface area contributed by atoms with Crippen LogP contribution in [0.15, 0.2) is 4.21 Å². The summed E-state index contributed by atoms with van der Waals surface area (Å²) >= 11 is 1.00. The Hall–Kier alpha value is -1.49. The predicted molar refractivity (Wildman–Crippen MR) is 92.3 cm³/mol. The molecule has 0 aliphatic carbocycles. The second kappa shape index (κ2) is 7.02. The minimum atomic E-state index is -3.99. The van der Waals surface area contributed by atoms with Crippen LogP contribution >= 0.6 is 11.3 Å². The van der Waals surface area contributed by atoms with Crippen LogP contribution in [0, 0.1) is 0 Å². The maximum atomic E-state index is 12.8. The molecule has 0 spiro atoms. The first-order valence-electron chi connectivity index (χ1n) is 8.22. The lowest BCUT2D eigenvalue weighted by Gasteiger charge is -2.16. The minimum absolute atomic E-state index is 0.0808. The Balaban J connectivity index is 1.87. The van der Waals surface area contributed by atoms with E-state index in [0.717, 1.165) is 22.6 Å². The fourth-order valence-corrected chi connectivity index (χ4v) is 6.43. The van der Waals surface area contributed by atoms with E-state index in [4.69, 9.17) is 0 Å². The van der Waals surface area contributed by atoms with Crippen molar-refractivity contribution in [1.29, 1.82) is 0 Å². The fraction of sp³-hybridized carbons (Fsp3) is 0.600. The second-order valence-electron chi connectivity index (χ2n) is 6.26. The summed E-state index contributed by atoms with van der Waals surface area (Å²) in [6.07, 6.45) is 1.41. The van der Waals surface area contributed by atoms with Gasteiger partial charge in [-0.2, -0.15) is 0 Å². The van der Waals surface area contributed by atoms with Crippen molar-refractivity contribution >= 4 is 33.2 Å². The van der Waals surface area contributed by atoms with E-state index in [-0.39, 0.29) is 22.1 Å². The van der Waals surface area contributed by atoms with Gasteiger partial charge < -0.3 is 15.3 Å². The van der Waals surface area contributed by atoms with Gasteiger partial charge in [0.2, 0.25) is 5.91 Å². The van der Waals surface area contributed by atoms with E-state index in [2.05, 4.69) is 10.0 Å². The molecule has 0 saturated carbocycles. The Bertz CT molecular complexity index is 802. The molecule has 2 aliphatic rings. The van der Waals surface area contributed by atoms with Gasteiger partial charge in [-0.1, -0.05) is 6.92 Å². The van der Waals surface area contributed by atoms with Crippen LogP contribution in [0.1, 0.15) is 40.6 Å². The number of likely N-dealkylation sites (tertiary alicyclic amines) is 1. The molecule has 2 aliphatic heterocycles. The number of carboxylic acid groups (broad SMARTS) is 1. The van der Waals surface area contributed by atoms with Crippen LogP contribution in [-0.4, -0.2) is 56.0 Å². The quantitative estimate of drug-likeness (QED) is 0.650. The largest absolute Gasteiger partial charge is 0.478 e. The van der Waals surface area contributed by atoms with Crippen LogP contribution in [0.25, 0.3) is 0 Å². The first-order valence-corrected chi connectivity index (χ1v) is 10.5. The topological polar surface area (TPSA) is 116 Å². The molecular weight excluding hydrogens is 366 g/mol. The number of carbonyl (C=O) groups excluding carboxylic acids is 1. The lowest BCUT2D eigenvalue weighted by molar-refractivity contribution is -0.127. The number of fused-ring (bicyclic) bond motifs is 1. The summed E-state index contributed by atoms with van der Waals surface area (Å²) in [7, 11) is -3.99. The van der Waals surface area contributed by atoms with E-state index in [1.807, 2.05) is 6.92 Å². The molecule has 138 valence electrons. The van der Waals surface area contributed by atoms with Gasteiger partial charge in [-0.25, -0.2) is 17.9 Å². The van der Waals surface area contributed by atoms with Crippen LogP contribution in [0.4, 0.5) is 0 Å². The molecule has 3 N–H and O–H groups in total. The molecule has 3 rings (SSSR count). The number of hydrogen-bond acceptors (Lipinski definition) is 6. The molecule has 1 fully saturated rings. The second-order valence-corrected chi connectivity index (χ2v) is 9.27. The number of rotatable bonds is 6. The van der Waals surface area contributed by atoms with Crippen LogP contribution in [0.3, 0.4) is 0 Å². The number of nitrogens with zero attached hydrogens (tertiary/aromatic N) is 1. The standard InChI is InChI=1S/C15H21N3O5S2/c1-2-5-18-8-9(6-12(18)19)17-25(22,23)15-13(14(20)21)10-3-4-16-7-11(10)24-15/h9,16-17H,2-8H2,1H3,(H,20,21)/t9-/m1/s1. The van der Waals surface area contributed by atoms with Gasteiger partial charge in [-0.15, -0.1) is 11.3 Å². The number of aromatic carboxylic acids is 1. The van der Waals surface area contributed by atoms with Crippen LogP contribution < -0.4 is 10.0 Å². The fourth-order valence-electron chi connectivity index (χ4n) is 3.33. The maximum Gasteiger partial charge on any atom is 0.338 e. The zero-order valence-corrected chi connectivity index (χ0v) is 15.5. The third-order valence-corrected chi connectivity index (χ3v) is 7.65. The Morgan fingerprint density at radius 1 is 1.48 bits per heavy atom. The van der Waals surface area contributed by atoms with Gasteiger partial charge in [0.1, 0.15) is 4.21 Å². The minimum Gasteiger partial charge on any atom is -0.478 e. The van der Waals surface area contributed by atoms with Crippen molar-refractivity contribution in [3.8, 4) is 0 Å². The van der Waals surface area contributed by atoms with Crippen LogP contribution in [-0.2, 0) is 27.8 Å². The molecule has 8 nitrogen and oxygen atoms in total. The van der Waals surface area contributed by atoms with Crippen molar-refractivity contribution in [2.45, 2.75) is 43.0 Å². The first-order chi connectivity index (χ1) is 11.8. The Labute approximate surface area is 150 Å². The molecule has 1 amide bonds. The molecule has 1 atom stereocenters. The number of carboxylic acids is 1. The zero-order valence-electron chi connectivity index (χ0n) is 13.9. The zero-order chi connectivity index (χ0) is 18.2. The monoisotopic (exact) mass is 387 g/mol. The number of amides is 1. The van der Waals surface area contributed by atoms with Crippen molar-refractivity contribution in [3.63, 3.8) is 0 Å². The van der Waals surface area contributed by atoms with E-state index in [1.54, 1.807) is 4.90 Å². The number of nitrogens with one attached hydrogen (secondary N) is 2. The van der Waals surface area contributed by atoms with Crippen molar-refractivity contribution in [1.82, 2.24) is 14.9 Å². The summed E-state index contributed by atoms with van der Waals surface area (Å²) in [5.74, 6) is -1.31. The van der Waals surface area contributed by atoms with Gasteiger partial charge in [0, 0.05) is 37.0 Å². The molecule has 0 radical (unpaired) electrons. The van der Waals surface area contributed by atoms with E-state index in [9.17, 15) is 23.1 Å². The third-order valence-electron chi connectivity index (χ3n) is 4.38. The van der Waals surface area contributed by atoms with Crippen molar-refractivity contribution in [3.05, 3.63) is 16.0 Å². The molecule has 0 bridgehead atoms. The van der Waals surface area contributed by atoms with Crippen molar-refractivity contribution < 1.29 is 23.1 Å². The normalized spacial score (nSPS) is 20.8. The number of carbonyl (C=O) groups is 2. The number of thiophene rings is 1. The molecular formula is C15H21N3O5S2. The number of hydrogen-bond donors (Lipinski definition) is 3. The predicted octanol–water partition coefficient (Wildman–Crippen LogP) is 0.381. The molecule has 1 aromatic heterocycles. The third kappa shape index (κ3) is 3.57. The molecule has 1 aromatic rings. The lowest BCUT2D eigenvalue weighted by atomic mass is 10.1. The average molecular weight is 387 g/mol. The Kier molecular flexibility index (Phi) is 5.14. The highest BCUT2D eigenvalue weighted by atomic mass is 32.2. The molecule has 1 saturated heterocycles. The van der Waals surface area contributed by atoms with E-state index in [0.29, 0.717) is 38.2 Å². The molecule has 0 aromatic carbocycles.